The van der Waals surface area contributed by atoms with Crippen LogP contribution in [-0.4, -0.2) is 16.2 Å². The zero-order valence-corrected chi connectivity index (χ0v) is 7.54. The number of rotatable bonds is 0. The van der Waals surface area contributed by atoms with E-state index in [4.69, 9.17) is 4.74 Å². The van der Waals surface area contributed by atoms with Crippen molar-refractivity contribution in [1.82, 2.24) is 9.55 Å². The Morgan fingerprint density at radius 2 is 2.60 bits per heavy atom. The lowest BCUT2D eigenvalue weighted by Gasteiger charge is -2.13. The van der Waals surface area contributed by atoms with Crippen molar-refractivity contribution in [2.75, 3.05) is 6.61 Å². The van der Waals surface area contributed by atoms with Crippen molar-refractivity contribution in [3.63, 3.8) is 0 Å². The fourth-order valence-corrected chi connectivity index (χ4v) is 1.58. The number of aromatic nitrogens is 2. The van der Waals surface area contributed by atoms with Gasteiger partial charge in [-0.05, 0) is 29.0 Å². The van der Waals surface area contributed by atoms with Gasteiger partial charge in [0, 0.05) is 12.7 Å². The van der Waals surface area contributed by atoms with E-state index in [0.29, 0.717) is 0 Å². The van der Waals surface area contributed by atoms with Gasteiger partial charge in [0.15, 0.2) is 0 Å². The first-order chi connectivity index (χ1) is 4.86. The lowest BCUT2D eigenvalue weighted by Crippen LogP contribution is -2.13. The quantitative estimate of drug-likeness (QED) is 0.648. The summed E-state index contributed by atoms with van der Waals surface area (Å²) in [5.74, 6) is 0. The molecule has 0 bridgehead atoms. The van der Waals surface area contributed by atoms with Crippen LogP contribution in [0.25, 0.3) is 0 Å². The van der Waals surface area contributed by atoms with Gasteiger partial charge in [0.05, 0.1) is 6.61 Å². The molecular weight excluding hydrogens is 243 g/mol. The largest absolute Gasteiger partial charge is 0.465 e. The standard InChI is InChI=1S/C6H7IN2O/c7-5-4-9-2-1-3-10-6(9)8-5/h4H,1-3H2. The van der Waals surface area contributed by atoms with Gasteiger partial charge >= 0.3 is 0 Å². The highest BCUT2D eigenvalue weighted by atomic mass is 127. The number of aryl methyl sites for hydroxylation is 1. The Morgan fingerprint density at radius 1 is 1.70 bits per heavy atom. The summed E-state index contributed by atoms with van der Waals surface area (Å²) in [5.41, 5.74) is 0. The van der Waals surface area contributed by atoms with Crippen LogP contribution in [0.1, 0.15) is 6.42 Å². The molecule has 0 amide bonds. The van der Waals surface area contributed by atoms with Gasteiger partial charge in [-0.15, -0.1) is 0 Å². The minimum atomic E-state index is 0.774. The first-order valence-corrected chi connectivity index (χ1v) is 4.29. The Morgan fingerprint density at radius 3 is 3.40 bits per heavy atom. The van der Waals surface area contributed by atoms with E-state index in [9.17, 15) is 0 Å². The van der Waals surface area contributed by atoms with Crippen LogP contribution >= 0.6 is 22.6 Å². The first kappa shape index (κ1) is 6.45. The molecule has 0 saturated carbocycles. The van der Waals surface area contributed by atoms with E-state index < -0.39 is 0 Å². The molecule has 0 N–H and O–H groups in total. The van der Waals surface area contributed by atoms with Crippen LogP contribution in [0.5, 0.6) is 6.01 Å². The number of halogens is 1. The third kappa shape index (κ3) is 1.00. The molecule has 0 unspecified atom stereocenters. The van der Waals surface area contributed by atoms with E-state index in [1.54, 1.807) is 0 Å². The Bertz CT molecular complexity index is 222. The zero-order chi connectivity index (χ0) is 6.97. The Kier molecular flexibility index (Phi) is 1.55. The van der Waals surface area contributed by atoms with Crippen LogP contribution in [-0.2, 0) is 6.54 Å². The van der Waals surface area contributed by atoms with Gasteiger partial charge in [-0.25, -0.2) is 0 Å². The number of fused-ring (bicyclic) bond motifs is 1. The van der Waals surface area contributed by atoms with Crippen molar-refractivity contribution < 1.29 is 4.74 Å². The van der Waals surface area contributed by atoms with Gasteiger partial charge in [-0.1, -0.05) is 0 Å². The van der Waals surface area contributed by atoms with E-state index in [-0.39, 0.29) is 0 Å². The van der Waals surface area contributed by atoms with E-state index in [0.717, 1.165) is 29.3 Å². The van der Waals surface area contributed by atoms with Gasteiger partial charge in [-0.2, -0.15) is 4.98 Å². The molecule has 0 aliphatic carbocycles. The van der Waals surface area contributed by atoms with E-state index in [2.05, 4.69) is 27.6 Å². The lowest BCUT2D eigenvalue weighted by molar-refractivity contribution is 0.231. The highest BCUT2D eigenvalue weighted by Crippen LogP contribution is 2.17. The van der Waals surface area contributed by atoms with Crippen LogP contribution in [0, 0.1) is 3.70 Å². The molecule has 0 atom stereocenters. The average Bonchev–Trinajstić information content (AvgIpc) is 2.27. The molecular formula is C6H7IN2O. The summed E-state index contributed by atoms with van der Waals surface area (Å²) in [6.07, 6.45) is 3.11. The molecule has 10 heavy (non-hydrogen) atoms. The molecule has 0 aromatic carbocycles. The van der Waals surface area contributed by atoms with E-state index >= 15 is 0 Å². The lowest BCUT2D eigenvalue weighted by atomic mass is 10.4. The predicted octanol–water partition coefficient (Wildman–Crippen LogP) is 1.27. The summed E-state index contributed by atoms with van der Waals surface area (Å²) < 4.78 is 8.35. The number of nitrogens with zero attached hydrogens (tertiary/aromatic N) is 2. The normalized spacial score (nSPS) is 16.1. The fraction of sp³-hybridized carbons (Fsp3) is 0.500. The molecule has 1 aliphatic heterocycles. The molecule has 1 aromatic rings. The summed E-state index contributed by atoms with van der Waals surface area (Å²) in [6.45, 7) is 1.86. The summed E-state index contributed by atoms with van der Waals surface area (Å²) in [4.78, 5) is 4.18. The molecule has 2 rings (SSSR count). The number of ether oxygens (including phenoxy) is 1. The number of hydrogen-bond donors (Lipinski definition) is 0. The molecule has 54 valence electrons. The first-order valence-electron chi connectivity index (χ1n) is 3.22. The third-order valence-corrected chi connectivity index (χ3v) is 2.00. The van der Waals surface area contributed by atoms with Crippen molar-refractivity contribution in [2.24, 2.45) is 0 Å². The summed E-state index contributed by atoms with van der Waals surface area (Å²) in [6, 6.07) is 0.774. The van der Waals surface area contributed by atoms with Crippen LogP contribution in [0.15, 0.2) is 6.20 Å². The number of imidazole rings is 1. The van der Waals surface area contributed by atoms with E-state index in [1.165, 1.54) is 0 Å². The second-order valence-corrected chi connectivity index (χ2v) is 3.35. The molecule has 0 radical (unpaired) electrons. The Labute approximate surface area is 72.5 Å². The molecule has 0 saturated heterocycles. The van der Waals surface area contributed by atoms with Crippen molar-refractivity contribution in [3.8, 4) is 6.01 Å². The highest BCUT2D eigenvalue weighted by molar-refractivity contribution is 14.1. The molecule has 0 fully saturated rings. The van der Waals surface area contributed by atoms with Crippen LogP contribution < -0.4 is 4.74 Å². The second kappa shape index (κ2) is 2.41. The summed E-state index contributed by atoms with van der Waals surface area (Å²) in [5, 5.41) is 0. The highest BCUT2D eigenvalue weighted by Gasteiger charge is 2.10. The van der Waals surface area contributed by atoms with Crippen molar-refractivity contribution in [3.05, 3.63) is 9.90 Å². The summed E-state index contributed by atoms with van der Waals surface area (Å²) >= 11 is 2.19. The van der Waals surface area contributed by atoms with Crippen molar-refractivity contribution in [2.45, 2.75) is 13.0 Å². The van der Waals surface area contributed by atoms with Crippen molar-refractivity contribution in [1.29, 1.82) is 0 Å². The third-order valence-electron chi connectivity index (χ3n) is 1.49. The molecule has 4 heteroatoms. The number of hydrogen-bond acceptors (Lipinski definition) is 2. The average molecular weight is 250 g/mol. The van der Waals surface area contributed by atoms with Crippen molar-refractivity contribution >= 4 is 22.6 Å². The molecule has 0 spiro atoms. The fourth-order valence-electron chi connectivity index (χ4n) is 1.04. The van der Waals surface area contributed by atoms with Crippen LogP contribution in [0.3, 0.4) is 0 Å². The van der Waals surface area contributed by atoms with Crippen LogP contribution in [0.4, 0.5) is 0 Å². The van der Waals surface area contributed by atoms with Gasteiger partial charge in [-0.3, -0.25) is 0 Å². The predicted molar refractivity (Wildman–Crippen MR) is 45.1 cm³/mol. The van der Waals surface area contributed by atoms with Gasteiger partial charge in [0.2, 0.25) is 0 Å². The minimum Gasteiger partial charge on any atom is -0.465 e. The molecule has 1 aromatic heterocycles. The van der Waals surface area contributed by atoms with Gasteiger partial charge < -0.3 is 9.30 Å². The van der Waals surface area contributed by atoms with Gasteiger partial charge in [0.25, 0.3) is 6.01 Å². The topological polar surface area (TPSA) is 27.1 Å². The monoisotopic (exact) mass is 250 g/mol. The second-order valence-electron chi connectivity index (χ2n) is 2.24. The molecule has 1 aliphatic rings. The maximum Gasteiger partial charge on any atom is 0.297 e. The Balaban J connectivity index is 2.41. The molecule has 3 nitrogen and oxygen atoms in total. The minimum absolute atomic E-state index is 0.774. The maximum atomic E-state index is 5.29. The smallest absolute Gasteiger partial charge is 0.297 e. The summed E-state index contributed by atoms with van der Waals surface area (Å²) in [7, 11) is 0. The van der Waals surface area contributed by atoms with Gasteiger partial charge in [0.1, 0.15) is 3.70 Å². The SMILES string of the molecule is Ic1cn2c(n1)OCCC2. The molecule has 2 heterocycles. The van der Waals surface area contributed by atoms with E-state index in [1.807, 2.05) is 10.8 Å². The zero-order valence-electron chi connectivity index (χ0n) is 5.38. The maximum absolute atomic E-state index is 5.29. The Hall–Kier alpha value is -0.260. The van der Waals surface area contributed by atoms with Crippen LogP contribution in [0.2, 0.25) is 0 Å².